The fraction of sp³-hybridized carbons (Fsp3) is 0.636. The number of thioether (sulfide) groups is 1. The Balaban J connectivity index is 2.22. The number of hydrogen-bond donors (Lipinski definition) is 1. The molecule has 94 valence electrons. The van der Waals surface area contributed by atoms with Gasteiger partial charge in [0.1, 0.15) is 0 Å². The van der Waals surface area contributed by atoms with Crippen molar-refractivity contribution in [1.29, 1.82) is 0 Å². The van der Waals surface area contributed by atoms with Crippen LogP contribution in [0, 0.1) is 6.92 Å². The maximum absolute atomic E-state index is 11.0. The molecule has 0 bridgehead atoms. The first-order valence-electron chi connectivity index (χ1n) is 5.58. The lowest BCUT2D eigenvalue weighted by Gasteiger charge is -2.34. The summed E-state index contributed by atoms with van der Waals surface area (Å²) in [5, 5.41) is 11.0. The van der Waals surface area contributed by atoms with E-state index in [4.69, 9.17) is 5.11 Å². The van der Waals surface area contributed by atoms with Gasteiger partial charge >= 0.3 is 5.97 Å². The minimum atomic E-state index is -0.933. The topological polar surface area (TPSA) is 53.4 Å². The number of aromatic carboxylic acids is 1. The summed E-state index contributed by atoms with van der Waals surface area (Å²) < 4.78 is 0. The number of carboxylic acids is 1. The van der Waals surface area contributed by atoms with Gasteiger partial charge in [0.05, 0.1) is 0 Å². The van der Waals surface area contributed by atoms with Crippen LogP contribution >= 0.6 is 23.1 Å². The summed E-state index contributed by atoms with van der Waals surface area (Å²) in [5.41, 5.74) is 0.198. The van der Waals surface area contributed by atoms with Crippen LogP contribution in [0.1, 0.15) is 29.2 Å². The summed E-state index contributed by atoms with van der Waals surface area (Å²) in [6.07, 6.45) is 0. The molecule has 2 heterocycles. The number of nitrogens with zero attached hydrogens (tertiary/aromatic N) is 2. The Morgan fingerprint density at radius 1 is 1.41 bits per heavy atom. The molecular weight excluding hydrogens is 256 g/mol. The normalized spacial score (nSPS) is 25.0. The van der Waals surface area contributed by atoms with Crippen LogP contribution in [0.5, 0.6) is 0 Å². The van der Waals surface area contributed by atoms with E-state index in [2.05, 4.69) is 23.7 Å². The predicted octanol–water partition coefficient (Wildman–Crippen LogP) is 2.48. The van der Waals surface area contributed by atoms with Crippen LogP contribution in [0.4, 0.5) is 5.13 Å². The van der Waals surface area contributed by atoms with E-state index in [1.807, 2.05) is 18.7 Å². The van der Waals surface area contributed by atoms with Crippen LogP contribution in [-0.2, 0) is 0 Å². The van der Waals surface area contributed by atoms with Crippen molar-refractivity contribution in [2.75, 3.05) is 18.0 Å². The standard InChI is InChI=1S/C11H16N2O2S2/c1-6-4-13(5-7(2)16-6)11-12-9(10(14)15)8(3)17-11/h6-7H,4-5H2,1-3H3,(H,14,15). The average Bonchev–Trinajstić information content (AvgIpc) is 2.59. The Bertz CT molecular complexity index is 423. The van der Waals surface area contributed by atoms with Gasteiger partial charge in [-0.25, -0.2) is 9.78 Å². The largest absolute Gasteiger partial charge is 0.476 e. The summed E-state index contributed by atoms with van der Waals surface area (Å²) in [7, 11) is 0. The van der Waals surface area contributed by atoms with Gasteiger partial charge in [-0.3, -0.25) is 0 Å². The zero-order valence-corrected chi connectivity index (χ0v) is 11.8. The van der Waals surface area contributed by atoms with Crippen LogP contribution in [0.15, 0.2) is 0 Å². The lowest BCUT2D eigenvalue weighted by molar-refractivity contribution is 0.0690. The van der Waals surface area contributed by atoms with Crippen molar-refractivity contribution in [2.24, 2.45) is 0 Å². The van der Waals surface area contributed by atoms with Crippen molar-refractivity contribution in [3.8, 4) is 0 Å². The third-order valence-electron chi connectivity index (χ3n) is 2.68. The molecule has 1 fully saturated rings. The highest BCUT2D eigenvalue weighted by Gasteiger charge is 2.26. The van der Waals surface area contributed by atoms with E-state index in [9.17, 15) is 4.79 Å². The lowest BCUT2D eigenvalue weighted by Crippen LogP contribution is -2.40. The summed E-state index contributed by atoms with van der Waals surface area (Å²) in [6, 6.07) is 0. The molecule has 2 unspecified atom stereocenters. The maximum Gasteiger partial charge on any atom is 0.355 e. The van der Waals surface area contributed by atoms with E-state index < -0.39 is 5.97 Å². The van der Waals surface area contributed by atoms with Crippen LogP contribution in [0.25, 0.3) is 0 Å². The first-order chi connectivity index (χ1) is 7.97. The van der Waals surface area contributed by atoms with Gasteiger partial charge in [-0.15, -0.1) is 11.3 Å². The molecule has 0 radical (unpaired) electrons. The van der Waals surface area contributed by atoms with Crippen LogP contribution in [-0.4, -0.2) is 39.6 Å². The first kappa shape index (κ1) is 12.7. The number of rotatable bonds is 2. The fourth-order valence-corrected chi connectivity index (χ4v) is 4.29. The smallest absolute Gasteiger partial charge is 0.355 e. The highest BCUT2D eigenvalue weighted by Crippen LogP contribution is 2.32. The quantitative estimate of drug-likeness (QED) is 0.896. The van der Waals surface area contributed by atoms with Crippen LogP contribution in [0.3, 0.4) is 0 Å². The van der Waals surface area contributed by atoms with E-state index in [0.29, 0.717) is 10.5 Å². The molecule has 17 heavy (non-hydrogen) atoms. The zero-order valence-electron chi connectivity index (χ0n) is 10.1. The molecule has 1 aromatic heterocycles. The highest BCUT2D eigenvalue weighted by atomic mass is 32.2. The second kappa shape index (κ2) is 4.86. The van der Waals surface area contributed by atoms with Crippen LogP contribution < -0.4 is 4.90 Å². The molecule has 0 aromatic carbocycles. The molecule has 1 saturated heterocycles. The Kier molecular flexibility index (Phi) is 3.63. The molecule has 2 rings (SSSR count). The van der Waals surface area contributed by atoms with Gasteiger partial charge in [0.25, 0.3) is 0 Å². The molecule has 1 aromatic rings. The highest BCUT2D eigenvalue weighted by molar-refractivity contribution is 8.00. The molecule has 6 heteroatoms. The van der Waals surface area contributed by atoms with E-state index >= 15 is 0 Å². The van der Waals surface area contributed by atoms with E-state index in [0.717, 1.165) is 23.1 Å². The van der Waals surface area contributed by atoms with E-state index in [1.165, 1.54) is 11.3 Å². The molecule has 4 nitrogen and oxygen atoms in total. The van der Waals surface area contributed by atoms with Gasteiger partial charge in [0, 0.05) is 28.5 Å². The van der Waals surface area contributed by atoms with Gasteiger partial charge in [-0.1, -0.05) is 13.8 Å². The van der Waals surface area contributed by atoms with E-state index in [1.54, 1.807) is 0 Å². The molecular formula is C11H16N2O2S2. The second-order valence-corrected chi connectivity index (χ2v) is 7.43. The number of carbonyl (C=O) groups is 1. The second-order valence-electron chi connectivity index (χ2n) is 4.37. The molecule has 0 spiro atoms. The van der Waals surface area contributed by atoms with Crippen molar-refractivity contribution in [2.45, 2.75) is 31.3 Å². The maximum atomic E-state index is 11.0. The number of carboxylic acid groups (broad SMARTS) is 1. The minimum absolute atomic E-state index is 0.198. The van der Waals surface area contributed by atoms with Crippen LogP contribution in [0.2, 0.25) is 0 Å². The molecule has 1 aliphatic rings. The van der Waals surface area contributed by atoms with Crippen molar-refractivity contribution >= 4 is 34.2 Å². The molecule has 1 N–H and O–H groups in total. The lowest BCUT2D eigenvalue weighted by atomic mass is 10.3. The summed E-state index contributed by atoms with van der Waals surface area (Å²) in [5.74, 6) is -0.933. The number of aromatic nitrogens is 1. The zero-order chi connectivity index (χ0) is 12.6. The van der Waals surface area contributed by atoms with Gasteiger partial charge in [-0.2, -0.15) is 11.8 Å². The monoisotopic (exact) mass is 272 g/mol. The van der Waals surface area contributed by atoms with Gasteiger partial charge in [0.2, 0.25) is 0 Å². The van der Waals surface area contributed by atoms with Crippen molar-refractivity contribution in [3.63, 3.8) is 0 Å². The molecule has 0 amide bonds. The summed E-state index contributed by atoms with van der Waals surface area (Å²) in [4.78, 5) is 18.2. The Hall–Kier alpha value is -0.750. The summed E-state index contributed by atoms with van der Waals surface area (Å²) >= 11 is 3.45. The summed E-state index contributed by atoms with van der Waals surface area (Å²) in [6.45, 7) is 8.11. The number of anilines is 1. The van der Waals surface area contributed by atoms with Gasteiger partial charge in [-0.05, 0) is 6.92 Å². The third-order valence-corrected chi connectivity index (χ3v) is 4.94. The molecule has 2 atom stereocenters. The Morgan fingerprint density at radius 2 is 2.00 bits per heavy atom. The van der Waals surface area contributed by atoms with Crippen molar-refractivity contribution in [3.05, 3.63) is 10.6 Å². The Labute approximate surface area is 109 Å². The number of hydrogen-bond acceptors (Lipinski definition) is 5. The first-order valence-corrected chi connectivity index (χ1v) is 7.34. The minimum Gasteiger partial charge on any atom is -0.476 e. The fourth-order valence-electron chi connectivity index (χ4n) is 2.05. The van der Waals surface area contributed by atoms with Crippen molar-refractivity contribution < 1.29 is 9.90 Å². The molecule has 0 saturated carbocycles. The SMILES string of the molecule is Cc1sc(N2CC(C)SC(C)C2)nc1C(=O)O. The Morgan fingerprint density at radius 3 is 2.47 bits per heavy atom. The molecule has 0 aliphatic carbocycles. The average molecular weight is 272 g/mol. The van der Waals surface area contributed by atoms with Gasteiger partial charge in [0.15, 0.2) is 10.8 Å². The molecule has 1 aliphatic heterocycles. The van der Waals surface area contributed by atoms with Crippen molar-refractivity contribution in [1.82, 2.24) is 4.98 Å². The number of aryl methyl sites for hydroxylation is 1. The predicted molar refractivity (Wildman–Crippen MR) is 72.5 cm³/mol. The number of thiazole rings is 1. The third kappa shape index (κ3) is 2.74. The van der Waals surface area contributed by atoms with E-state index in [-0.39, 0.29) is 5.69 Å². The van der Waals surface area contributed by atoms with Gasteiger partial charge < -0.3 is 10.0 Å².